The van der Waals surface area contributed by atoms with E-state index in [1.165, 1.54) is 6.42 Å². The van der Waals surface area contributed by atoms with Crippen LogP contribution in [0.15, 0.2) is 0 Å². The Labute approximate surface area is 96.2 Å². The van der Waals surface area contributed by atoms with Gasteiger partial charge in [0.1, 0.15) is 5.78 Å². The molecular weight excluding hydrogens is 202 g/mol. The number of rotatable bonds is 0. The SMILES string of the molecule is C[C@@H]1C[C@H]2CC(=O)[C@@H]3C[C@H]2[C@@H](C1)N(C)C3=O. The van der Waals surface area contributed by atoms with E-state index in [4.69, 9.17) is 0 Å². The van der Waals surface area contributed by atoms with E-state index in [0.717, 1.165) is 12.8 Å². The van der Waals surface area contributed by atoms with Gasteiger partial charge in [0.2, 0.25) is 5.91 Å². The van der Waals surface area contributed by atoms with Crippen molar-refractivity contribution in [1.82, 2.24) is 4.90 Å². The highest BCUT2D eigenvalue weighted by molar-refractivity contribution is 6.02. The van der Waals surface area contributed by atoms with E-state index < -0.39 is 0 Å². The van der Waals surface area contributed by atoms with Crippen molar-refractivity contribution in [1.29, 1.82) is 0 Å². The number of Topliss-reactive ketones (excluding diaryl/α,β-unsaturated/α-hetero) is 1. The molecule has 3 rings (SSSR count). The van der Waals surface area contributed by atoms with Crippen LogP contribution in [0.25, 0.3) is 0 Å². The number of fused-ring (bicyclic) bond motifs is 1. The number of likely N-dealkylation sites (tertiary alicyclic amines) is 1. The van der Waals surface area contributed by atoms with Crippen LogP contribution in [0.3, 0.4) is 0 Å². The molecule has 3 fully saturated rings. The molecule has 1 aliphatic heterocycles. The van der Waals surface area contributed by atoms with Gasteiger partial charge >= 0.3 is 0 Å². The minimum absolute atomic E-state index is 0.0822. The molecule has 88 valence electrons. The minimum Gasteiger partial charge on any atom is -0.342 e. The summed E-state index contributed by atoms with van der Waals surface area (Å²) in [6, 6.07) is 0.408. The second-order valence-corrected chi connectivity index (χ2v) is 5.98. The lowest BCUT2D eigenvalue weighted by atomic mass is 9.60. The van der Waals surface area contributed by atoms with Gasteiger partial charge in [-0.05, 0) is 37.0 Å². The summed E-state index contributed by atoms with van der Waals surface area (Å²) >= 11 is 0. The molecule has 0 N–H and O–H groups in total. The van der Waals surface area contributed by atoms with Gasteiger partial charge in [-0.15, -0.1) is 0 Å². The highest BCUT2D eigenvalue weighted by Gasteiger charge is 2.52. The summed E-state index contributed by atoms with van der Waals surface area (Å²) in [4.78, 5) is 25.9. The van der Waals surface area contributed by atoms with Crippen LogP contribution < -0.4 is 0 Å². The molecule has 2 aliphatic carbocycles. The van der Waals surface area contributed by atoms with Crippen molar-refractivity contribution in [2.24, 2.45) is 23.7 Å². The van der Waals surface area contributed by atoms with E-state index in [0.29, 0.717) is 30.2 Å². The Morgan fingerprint density at radius 3 is 2.69 bits per heavy atom. The van der Waals surface area contributed by atoms with Crippen molar-refractivity contribution in [3.05, 3.63) is 0 Å². The van der Waals surface area contributed by atoms with Crippen LogP contribution in [-0.4, -0.2) is 29.7 Å². The Bertz CT molecular complexity index is 352. The predicted molar refractivity (Wildman–Crippen MR) is 59.7 cm³/mol. The van der Waals surface area contributed by atoms with Gasteiger partial charge in [-0.2, -0.15) is 0 Å². The number of carbonyl (C=O) groups is 2. The largest absolute Gasteiger partial charge is 0.342 e. The average Bonchev–Trinajstić information content (AvgIpc) is 2.24. The van der Waals surface area contributed by atoms with Gasteiger partial charge in [0.25, 0.3) is 0 Å². The Morgan fingerprint density at radius 2 is 1.94 bits per heavy atom. The van der Waals surface area contributed by atoms with E-state index in [9.17, 15) is 9.59 Å². The Kier molecular flexibility index (Phi) is 2.13. The van der Waals surface area contributed by atoms with Crippen molar-refractivity contribution in [2.75, 3.05) is 7.05 Å². The van der Waals surface area contributed by atoms with Crippen LogP contribution in [0.1, 0.15) is 32.6 Å². The maximum atomic E-state index is 12.1. The zero-order chi connectivity index (χ0) is 11.4. The van der Waals surface area contributed by atoms with Gasteiger partial charge < -0.3 is 4.90 Å². The number of hydrogen-bond acceptors (Lipinski definition) is 2. The zero-order valence-corrected chi connectivity index (χ0v) is 9.98. The number of amides is 1. The summed E-state index contributed by atoms with van der Waals surface area (Å²) in [5, 5.41) is 0. The molecule has 0 aromatic rings. The van der Waals surface area contributed by atoms with E-state index in [1.54, 1.807) is 0 Å². The van der Waals surface area contributed by atoms with Crippen molar-refractivity contribution in [3.8, 4) is 0 Å². The third-order valence-corrected chi connectivity index (χ3v) is 4.95. The van der Waals surface area contributed by atoms with Crippen molar-refractivity contribution >= 4 is 11.7 Å². The summed E-state index contributed by atoms with van der Waals surface area (Å²) in [5.41, 5.74) is 0. The monoisotopic (exact) mass is 221 g/mol. The third kappa shape index (κ3) is 1.26. The summed E-state index contributed by atoms with van der Waals surface area (Å²) in [6.07, 6.45) is 3.81. The first-order valence-electron chi connectivity index (χ1n) is 6.37. The fraction of sp³-hybridized carbons (Fsp3) is 0.846. The number of ketones is 1. The maximum absolute atomic E-state index is 12.1. The lowest BCUT2D eigenvalue weighted by molar-refractivity contribution is -0.158. The molecule has 3 nitrogen and oxygen atoms in total. The number of nitrogens with zero attached hydrogens (tertiary/aromatic N) is 1. The van der Waals surface area contributed by atoms with Crippen LogP contribution in [0, 0.1) is 23.7 Å². The second-order valence-electron chi connectivity index (χ2n) is 5.98. The molecule has 0 radical (unpaired) electrons. The molecule has 3 heteroatoms. The molecule has 1 amide bonds. The summed E-state index contributed by atoms with van der Waals surface area (Å²) < 4.78 is 0. The van der Waals surface area contributed by atoms with Crippen molar-refractivity contribution < 1.29 is 9.59 Å². The number of piperidine rings is 1. The van der Waals surface area contributed by atoms with Crippen molar-refractivity contribution in [2.45, 2.75) is 38.6 Å². The summed E-state index contributed by atoms with van der Waals surface area (Å²) in [7, 11) is 1.89. The second kappa shape index (κ2) is 3.31. The Morgan fingerprint density at radius 1 is 1.19 bits per heavy atom. The van der Waals surface area contributed by atoms with Gasteiger partial charge in [0.05, 0.1) is 5.92 Å². The first-order chi connectivity index (χ1) is 7.58. The fourth-order valence-electron chi connectivity index (χ4n) is 4.17. The normalized spacial score (nSPS) is 47.1. The van der Waals surface area contributed by atoms with Crippen LogP contribution >= 0.6 is 0 Å². The molecule has 1 saturated heterocycles. The molecule has 2 saturated carbocycles. The molecule has 1 heterocycles. The standard InChI is InChI=1S/C13H19NO2/c1-7-3-8-5-12(15)10-6-9(8)11(4-7)14(2)13(10)16/h7-11H,3-6H2,1-2H3/t7-,8+,9-,10+,11-/m1/s1. The van der Waals surface area contributed by atoms with Crippen molar-refractivity contribution in [3.63, 3.8) is 0 Å². The van der Waals surface area contributed by atoms with Gasteiger partial charge in [-0.3, -0.25) is 9.59 Å². The predicted octanol–water partition coefficient (Wildman–Crippen LogP) is 1.47. The fourth-order valence-corrected chi connectivity index (χ4v) is 4.17. The molecule has 3 aliphatic rings. The molecule has 0 aromatic carbocycles. The highest BCUT2D eigenvalue weighted by Crippen LogP contribution is 2.48. The first-order valence-corrected chi connectivity index (χ1v) is 6.37. The maximum Gasteiger partial charge on any atom is 0.233 e. The van der Waals surface area contributed by atoms with Gasteiger partial charge in [0, 0.05) is 19.5 Å². The number of hydrogen-bond donors (Lipinski definition) is 0. The molecule has 0 aromatic heterocycles. The Hall–Kier alpha value is -0.860. The van der Waals surface area contributed by atoms with Crippen LogP contribution in [0.4, 0.5) is 0 Å². The zero-order valence-electron chi connectivity index (χ0n) is 9.98. The van der Waals surface area contributed by atoms with Gasteiger partial charge in [-0.25, -0.2) is 0 Å². The number of carbonyl (C=O) groups excluding carboxylic acids is 2. The highest BCUT2D eigenvalue weighted by atomic mass is 16.2. The summed E-state index contributed by atoms with van der Waals surface area (Å²) in [5.74, 6) is 1.79. The molecule has 2 bridgehead atoms. The Balaban J connectivity index is 1.97. The van der Waals surface area contributed by atoms with E-state index >= 15 is 0 Å². The van der Waals surface area contributed by atoms with Crippen LogP contribution in [-0.2, 0) is 9.59 Å². The molecule has 0 spiro atoms. The van der Waals surface area contributed by atoms with Crippen LogP contribution in [0.2, 0.25) is 0 Å². The lowest BCUT2D eigenvalue weighted by Gasteiger charge is -2.52. The topological polar surface area (TPSA) is 37.4 Å². The molecule has 16 heavy (non-hydrogen) atoms. The van der Waals surface area contributed by atoms with Gasteiger partial charge in [0.15, 0.2) is 0 Å². The van der Waals surface area contributed by atoms with E-state index in [1.807, 2.05) is 11.9 Å². The molecule has 0 unspecified atom stereocenters. The lowest BCUT2D eigenvalue weighted by Crippen LogP contribution is -2.59. The first kappa shape index (κ1) is 10.3. The molecule has 5 atom stereocenters. The smallest absolute Gasteiger partial charge is 0.233 e. The summed E-state index contributed by atoms with van der Waals surface area (Å²) in [6.45, 7) is 2.25. The van der Waals surface area contributed by atoms with E-state index in [2.05, 4.69) is 6.92 Å². The van der Waals surface area contributed by atoms with Gasteiger partial charge in [-0.1, -0.05) is 6.92 Å². The third-order valence-electron chi connectivity index (χ3n) is 4.95. The van der Waals surface area contributed by atoms with E-state index in [-0.39, 0.29) is 17.6 Å². The average molecular weight is 221 g/mol. The minimum atomic E-state index is -0.295. The van der Waals surface area contributed by atoms with Crippen LogP contribution in [0.5, 0.6) is 0 Å². The quantitative estimate of drug-likeness (QED) is 0.581. The molecular formula is C13H19NO2.